The summed E-state index contributed by atoms with van der Waals surface area (Å²) in [4.78, 5) is 15.4. The Balaban J connectivity index is 2.65. The van der Waals surface area contributed by atoms with Crippen LogP contribution in [0.5, 0.6) is 0 Å². The molecule has 80 valence electrons. The molecule has 1 unspecified atom stereocenters. The molecule has 0 fully saturated rings. The molecular weight excluding hydrogens is 198 g/mol. The van der Waals surface area contributed by atoms with Gasteiger partial charge in [0.1, 0.15) is 0 Å². The average molecular weight is 209 g/mol. The third-order valence-corrected chi connectivity index (χ3v) is 1.58. The van der Waals surface area contributed by atoms with E-state index in [2.05, 4.69) is 9.99 Å². The summed E-state index contributed by atoms with van der Waals surface area (Å²) in [5.74, 6) is -1.32. The summed E-state index contributed by atoms with van der Waals surface area (Å²) in [5, 5.41) is 12.5. The van der Waals surface area contributed by atoms with E-state index in [1.165, 1.54) is 0 Å². The summed E-state index contributed by atoms with van der Waals surface area (Å²) in [7, 11) is 0. The summed E-state index contributed by atoms with van der Waals surface area (Å²) in [6, 6.07) is 8.30. The van der Waals surface area contributed by atoms with Crippen molar-refractivity contribution < 1.29 is 14.7 Å². The summed E-state index contributed by atoms with van der Waals surface area (Å²) < 4.78 is 0. The largest absolute Gasteiger partial charge is 0.377 e. The molecule has 0 spiro atoms. The van der Waals surface area contributed by atoms with Gasteiger partial charge in [0.25, 0.3) is 0 Å². The summed E-state index contributed by atoms with van der Waals surface area (Å²) in [6.45, 7) is 0. The first-order valence-electron chi connectivity index (χ1n) is 4.14. The van der Waals surface area contributed by atoms with Gasteiger partial charge in [0.2, 0.25) is 5.96 Å². The Morgan fingerprint density at radius 3 is 2.47 bits per heavy atom. The second kappa shape index (κ2) is 4.97. The Labute approximate surface area is 86.1 Å². The van der Waals surface area contributed by atoms with E-state index < -0.39 is 12.1 Å². The molecule has 1 rings (SSSR count). The molecule has 0 saturated carbocycles. The highest BCUT2D eigenvalue weighted by molar-refractivity contribution is 5.79. The highest BCUT2D eigenvalue weighted by Gasteiger charge is 2.18. The molecule has 5 N–H and O–H groups in total. The summed E-state index contributed by atoms with van der Waals surface area (Å²) >= 11 is 0. The lowest BCUT2D eigenvalue weighted by Gasteiger charge is -2.06. The predicted octanol–water partition coefficient (Wildman–Crippen LogP) is -0.548. The highest BCUT2D eigenvalue weighted by atomic mass is 16.7. The van der Waals surface area contributed by atoms with Crippen LogP contribution in [0.1, 0.15) is 11.7 Å². The van der Waals surface area contributed by atoms with Crippen LogP contribution in [0, 0.1) is 0 Å². The van der Waals surface area contributed by atoms with Gasteiger partial charge in [0.15, 0.2) is 6.10 Å². The third-order valence-electron chi connectivity index (χ3n) is 1.58. The number of rotatable bonds is 3. The normalized spacial score (nSPS) is 11.5. The minimum Gasteiger partial charge on any atom is -0.377 e. The first-order valence-corrected chi connectivity index (χ1v) is 4.14. The Hall–Kier alpha value is -2.08. The van der Waals surface area contributed by atoms with E-state index in [0.29, 0.717) is 5.56 Å². The smallest absolute Gasteiger partial charge is 0.367 e. The number of carbonyl (C=O) groups is 1. The van der Waals surface area contributed by atoms with Crippen molar-refractivity contribution >= 4 is 11.9 Å². The lowest BCUT2D eigenvalue weighted by molar-refractivity contribution is -0.154. The van der Waals surface area contributed by atoms with Crippen molar-refractivity contribution in [3.63, 3.8) is 0 Å². The predicted molar refractivity (Wildman–Crippen MR) is 53.3 cm³/mol. The van der Waals surface area contributed by atoms with E-state index in [1.807, 2.05) is 0 Å². The number of guanidine groups is 1. The Kier molecular flexibility index (Phi) is 3.64. The zero-order valence-corrected chi connectivity index (χ0v) is 7.83. The molecule has 0 saturated heterocycles. The number of nitrogens with zero attached hydrogens (tertiary/aromatic N) is 1. The fourth-order valence-electron chi connectivity index (χ4n) is 0.919. The molecule has 0 bridgehead atoms. The van der Waals surface area contributed by atoms with E-state index in [1.54, 1.807) is 30.3 Å². The first-order chi connectivity index (χ1) is 7.11. The van der Waals surface area contributed by atoms with Gasteiger partial charge in [0.05, 0.1) is 0 Å². The van der Waals surface area contributed by atoms with Gasteiger partial charge in [-0.3, -0.25) is 0 Å². The van der Waals surface area contributed by atoms with Crippen molar-refractivity contribution in [2.24, 2.45) is 16.6 Å². The van der Waals surface area contributed by atoms with Crippen LogP contribution >= 0.6 is 0 Å². The van der Waals surface area contributed by atoms with Gasteiger partial charge in [-0.25, -0.2) is 4.79 Å². The van der Waals surface area contributed by atoms with E-state index in [4.69, 9.17) is 11.5 Å². The lowest BCUT2D eigenvalue weighted by Crippen LogP contribution is -2.24. The number of oxime groups is 1. The third kappa shape index (κ3) is 3.28. The molecule has 0 aromatic heterocycles. The van der Waals surface area contributed by atoms with Crippen LogP contribution in [0.25, 0.3) is 0 Å². The fraction of sp³-hybridized carbons (Fsp3) is 0.111. The number of nitrogens with two attached hydrogens (primary N) is 2. The van der Waals surface area contributed by atoms with Gasteiger partial charge < -0.3 is 21.4 Å². The molecule has 6 nitrogen and oxygen atoms in total. The van der Waals surface area contributed by atoms with Crippen molar-refractivity contribution in [3.05, 3.63) is 35.9 Å². The first kappa shape index (κ1) is 11.0. The standard InChI is InChI=1S/C9H11N3O3/c10-9(11)12-15-8(14)7(13)6-4-2-1-3-5-6/h1-5,7,13H,(H4,10,11,12). The molecule has 0 heterocycles. The van der Waals surface area contributed by atoms with E-state index >= 15 is 0 Å². The maximum atomic E-state index is 11.2. The van der Waals surface area contributed by atoms with Crippen molar-refractivity contribution in [3.8, 4) is 0 Å². The van der Waals surface area contributed by atoms with Crippen LogP contribution in [0.15, 0.2) is 35.5 Å². The molecule has 0 aliphatic heterocycles. The van der Waals surface area contributed by atoms with Crippen molar-refractivity contribution in [2.45, 2.75) is 6.10 Å². The molecular formula is C9H11N3O3. The Morgan fingerprint density at radius 1 is 1.33 bits per heavy atom. The molecule has 15 heavy (non-hydrogen) atoms. The molecule has 0 amide bonds. The van der Waals surface area contributed by atoms with Crippen LogP contribution in [0.3, 0.4) is 0 Å². The highest BCUT2D eigenvalue weighted by Crippen LogP contribution is 2.13. The van der Waals surface area contributed by atoms with Crippen LogP contribution in [0.2, 0.25) is 0 Å². The maximum Gasteiger partial charge on any atom is 0.367 e. The zero-order chi connectivity index (χ0) is 11.3. The Morgan fingerprint density at radius 2 is 1.93 bits per heavy atom. The van der Waals surface area contributed by atoms with E-state index in [9.17, 15) is 9.90 Å². The minimum atomic E-state index is -1.39. The molecule has 0 aliphatic carbocycles. The quantitative estimate of drug-likeness (QED) is 0.268. The van der Waals surface area contributed by atoms with Crippen molar-refractivity contribution in [1.29, 1.82) is 0 Å². The van der Waals surface area contributed by atoms with Crippen LogP contribution in [-0.4, -0.2) is 17.0 Å². The second-order valence-corrected chi connectivity index (χ2v) is 2.74. The zero-order valence-electron chi connectivity index (χ0n) is 7.83. The number of aliphatic hydroxyl groups is 1. The molecule has 1 aromatic carbocycles. The van der Waals surface area contributed by atoms with Gasteiger partial charge >= 0.3 is 5.97 Å². The van der Waals surface area contributed by atoms with E-state index in [-0.39, 0.29) is 5.96 Å². The maximum absolute atomic E-state index is 11.2. The monoisotopic (exact) mass is 209 g/mol. The summed E-state index contributed by atoms with van der Waals surface area (Å²) in [5.41, 5.74) is 10.3. The van der Waals surface area contributed by atoms with Crippen LogP contribution in [-0.2, 0) is 9.63 Å². The average Bonchev–Trinajstić information content (AvgIpc) is 2.26. The Bertz CT molecular complexity index is 360. The van der Waals surface area contributed by atoms with Gasteiger partial charge in [-0.1, -0.05) is 30.3 Å². The second-order valence-electron chi connectivity index (χ2n) is 2.74. The number of hydrogen-bond acceptors (Lipinski definition) is 4. The minimum absolute atomic E-state index is 0.386. The van der Waals surface area contributed by atoms with Gasteiger partial charge in [0, 0.05) is 0 Å². The van der Waals surface area contributed by atoms with Gasteiger partial charge in [-0.15, -0.1) is 0 Å². The van der Waals surface area contributed by atoms with Crippen LogP contribution in [0.4, 0.5) is 0 Å². The van der Waals surface area contributed by atoms with E-state index in [0.717, 1.165) is 0 Å². The molecule has 0 aliphatic rings. The molecule has 6 heteroatoms. The van der Waals surface area contributed by atoms with Gasteiger partial charge in [-0.2, -0.15) is 0 Å². The topological polar surface area (TPSA) is 111 Å². The lowest BCUT2D eigenvalue weighted by atomic mass is 10.1. The molecule has 0 radical (unpaired) electrons. The SMILES string of the molecule is NC(N)=NOC(=O)C(O)c1ccccc1. The summed E-state index contributed by atoms with van der Waals surface area (Å²) in [6.07, 6.45) is -1.39. The number of benzene rings is 1. The molecule has 1 atom stereocenters. The molecule has 1 aromatic rings. The van der Waals surface area contributed by atoms with Gasteiger partial charge in [-0.05, 0) is 10.7 Å². The number of aliphatic hydroxyl groups excluding tert-OH is 1. The van der Waals surface area contributed by atoms with Crippen molar-refractivity contribution in [1.82, 2.24) is 0 Å². The fourth-order valence-corrected chi connectivity index (χ4v) is 0.919. The number of carbonyl (C=O) groups excluding carboxylic acids is 1. The number of hydrogen-bond donors (Lipinski definition) is 3. The van der Waals surface area contributed by atoms with Crippen LogP contribution < -0.4 is 11.5 Å². The van der Waals surface area contributed by atoms with Crippen molar-refractivity contribution in [2.75, 3.05) is 0 Å².